The molecule has 0 aliphatic heterocycles. The van der Waals surface area contributed by atoms with E-state index in [1.807, 2.05) is 11.3 Å². The van der Waals surface area contributed by atoms with Gasteiger partial charge in [-0.1, -0.05) is 30.3 Å². The van der Waals surface area contributed by atoms with Crippen molar-refractivity contribution in [3.05, 3.63) is 71.7 Å². The number of rotatable bonds is 0. The lowest BCUT2D eigenvalue weighted by molar-refractivity contribution is -0.643. The average Bonchev–Trinajstić information content (AvgIpc) is 3.31. The number of para-hydroxylation sites is 1. The first-order valence-electron chi connectivity index (χ1n) is 9.60. The minimum absolute atomic E-state index is 1.29. The molecule has 0 unspecified atom stereocenters. The molecule has 7 rings (SSSR count). The summed E-state index contributed by atoms with van der Waals surface area (Å²) in [6.07, 6.45) is 2.22. The van der Waals surface area contributed by atoms with Crippen LogP contribution in [0.2, 0.25) is 0 Å². The Labute approximate surface area is 165 Å². The lowest BCUT2D eigenvalue weighted by atomic mass is 9.99. The molecule has 0 N–H and O–H groups in total. The summed E-state index contributed by atoms with van der Waals surface area (Å²) in [6, 6.07) is 20.3. The molecule has 0 saturated carbocycles. The van der Waals surface area contributed by atoms with Crippen molar-refractivity contribution in [1.82, 2.24) is 4.40 Å². The van der Waals surface area contributed by atoms with Crippen LogP contribution >= 0.6 is 11.3 Å². The fraction of sp³-hybridized carbons (Fsp3) is 0.0800. The third-order valence-electron chi connectivity index (χ3n) is 6.34. The SMILES string of the molecule is Cc1ccc2c3ccccc3n3c4cc5ccsc5c5cc[n+](C)c(c1c23)c54. The molecule has 0 aliphatic carbocycles. The van der Waals surface area contributed by atoms with E-state index in [1.54, 1.807) is 0 Å². The van der Waals surface area contributed by atoms with Crippen LogP contribution in [0.25, 0.3) is 59.1 Å². The molecule has 0 saturated heterocycles. The van der Waals surface area contributed by atoms with Gasteiger partial charge in [0.1, 0.15) is 7.05 Å². The van der Waals surface area contributed by atoms with Gasteiger partial charge < -0.3 is 4.40 Å². The van der Waals surface area contributed by atoms with E-state index >= 15 is 0 Å². The van der Waals surface area contributed by atoms with E-state index in [2.05, 4.69) is 89.1 Å². The number of fused-ring (bicyclic) bond motifs is 7. The van der Waals surface area contributed by atoms with Gasteiger partial charge in [0.2, 0.25) is 5.52 Å². The Balaban J connectivity index is 2.02. The van der Waals surface area contributed by atoms with Crippen LogP contribution in [0.3, 0.4) is 0 Å². The second-order valence-corrected chi connectivity index (χ2v) is 8.72. The molecule has 0 fully saturated rings. The Morgan fingerprint density at radius 3 is 2.68 bits per heavy atom. The van der Waals surface area contributed by atoms with Crippen molar-refractivity contribution in [2.45, 2.75) is 6.92 Å². The highest BCUT2D eigenvalue weighted by atomic mass is 32.1. The van der Waals surface area contributed by atoms with Crippen molar-refractivity contribution in [2.24, 2.45) is 7.05 Å². The van der Waals surface area contributed by atoms with Crippen molar-refractivity contribution in [3.63, 3.8) is 0 Å². The predicted octanol–water partition coefficient (Wildman–Crippen LogP) is 6.34. The lowest BCUT2D eigenvalue weighted by Crippen LogP contribution is -2.28. The molecule has 0 atom stereocenters. The van der Waals surface area contributed by atoms with Crippen LogP contribution in [0.1, 0.15) is 5.56 Å². The number of aryl methyl sites for hydroxylation is 2. The molecule has 132 valence electrons. The van der Waals surface area contributed by atoms with E-state index in [1.165, 1.54) is 64.6 Å². The zero-order chi connectivity index (χ0) is 18.6. The van der Waals surface area contributed by atoms with Crippen molar-refractivity contribution in [2.75, 3.05) is 0 Å². The molecule has 0 amide bonds. The van der Waals surface area contributed by atoms with Crippen molar-refractivity contribution >= 4 is 70.4 Å². The number of thiophene rings is 1. The fourth-order valence-corrected chi connectivity index (χ4v) is 6.06. The number of benzene rings is 3. The van der Waals surface area contributed by atoms with Crippen LogP contribution in [0.5, 0.6) is 0 Å². The molecule has 3 aromatic carbocycles. The molecule has 4 aromatic heterocycles. The van der Waals surface area contributed by atoms with Gasteiger partial charge >= 0.3 is 0 Å². The first kappa shape index (κ1) is 14.8. The number of hydrogen-bond acceptors (Lipinski definition) is 1. The molecule has 0 aliphatic rings. The van der Waals surface area contributed by atoms with Crippen LogP contribution in [-0.4, -0.2) is 4.40 Å². The summed E-state index contributed by atoms with van der Waals surface area (Å²) in [5.41, 5.74) is 6.60. The van der Waals surface area contributed by atoms with Gasteiger partial charge in [0.05, 0.1) is 27.3 Å². The van der Waals surface area contributed by atoms with Crippen LogP contribution in [0, 0.1) is 6.92 Å². The maximum absolute atomic E-state index is 2.50. The van der Waals surface area contributed by atoms with Gasteiger partial charge in [-0.3, -0.25) is 0 Å². The molecular formula is C25H17N2S+. The summed E-state index contributed by atoms with van der Waals surface area (Å²) in [4.78, 5) is 0. The number of pyridine rings is 2. The highest BCUT2D eigenvalue weighted by molar-refractivity contribution is 7.18. The second-order valence-electron chi connectivity index (χ2n) is 7.80. The van der Waals surface area contributed by atoms with E-state index in [9.17, 15) is 0 Å². The van der Waals surface area contributed by atoms with Crippen LogP contribution in [-0.2, 0) is 7.05 Å². The van der Waals surface area contributed by atoms with Crippen LogP contribution in [0.15, 0.2) is 66.2 Å². The van der Waals surface area contributed by atoms with Gasteiger partial charge in [0.15, 0.2) is 6.20 Å². The molecule has 3 heteroatoms. The maximum Gasteiger partial charge on any atom is 0.224 e. The Kier molecular flexibility index (Phi) is 2.55. The van der Waals surface area contributed by atoms with E-state index < -0.39 is 0 Å². The van der Waals surface area contributed by atoms with E-state index in [-0.39, 0.29) is 0 Å². The van der Waals surface area contributed by atoms with Gasteiger partial charge in [-0.05, 0) is 41.5 Å². The summed E-state index contributed by atoms with van der Waals surface area (Å²) in [5, 5.41) is 10.3. The normalized spacial score (nSPS) is 12.6. The van der Waals surface area contributed by atoms with Gasteiger partial charge in [-0.2, -0.15) is 0 Å². The monoisotopic (exact) mass is 377 g/mol. The molecule has 4 heterocycles. The zero-order valence-electron chi connectivity index (χ0n) is 15.7. The molecule has 0 spiro atoms. The van der Waals surface area contributed by atoms with Crippen molar-refractivity contribution in [3.8, 4) is 0 Å². The van der Waals surface area contributed by atoms with Gasteiger partial charge in [0, 0.05) is 26.9 Å². The highest BCUT2D eigenvalue weighted by Gasteiger charge is 2.24. The summed E-state index contributed by atoms with van der Waals surface area (Å²) >= 11 is 1.84. The Hall–Kier alpha value is -3.17. The summed E-state index contributed by atoms with van der Waals surface area (Å²) in [7, 11) is 2.17. The first-order valence-corrected chi connectivity index (χ1v) is 10.5. The summed E-state index contributed by atoms with van der Waals surface area (Å²) in [6.45, 7) is 2.24. The largest absolute Gasteiger partial charge is 0.307 e. The average molecular weight is 377 g/mol. The third-order valence-corrected chi connectivity index (χ3v) is 7.30. The van der Waals surface area contributed by atoms with Crippen LogP contribution < -0.4 is 4.57 Å². The second kappa shape index (κ2) is 4.81. The number of nitrogens with zero attached hydrogens (tertiary/aromatic N) is 2. The Bertz CT molecular complexity index is 1720. The topological polar surface area (TPSA) is 8.29 Å². The quantitative estimate of drug-likeness (QED) is 0.166. The van der Waals surface area contributed by atoms with E-state index in [0.29, 0.717) is 0 Å². The standard InChI is InChI=1S/C25H17N2S/c1-14-7-8-17-16-5-3-4-6-19(16)27-20-13-15-10-12-28-25(15)18-9-11-26(2)24(22(18)20)21(14)23(17)27/h3-13H,1-2H3/q+1. The van der Waals surface area contributed by atoms with Crippen molar-refractivity contribution in [1.29, 1.82) is 0 Å². The van der Waals surface area contributed by atoms with Gasteiger partial charge in [0.25, 0.3) is 0 Å². The summed E-state index contributed by atoms with van der Waals surface area (Å²) < 4.78 is 6.18. The number of hydrogen-bond donors (Lipinski definition) is 0. The fourth-order valence-electron chi connectivity index (χ4n) is 5.15. The Morgan fingerprint density at radius 2 is 1.75 bits per heavy atom. The van der Waals surface area contributed by atoms with Gasteiger partial charge in [-0.25, -0.2) is 4.57 Å². The molecule has 28 heavy (non-hydrogen) atoms. The highest BCUT2D eigenvalue weighted by Crippen LogP contribution is 2.43. The zero-order valence-corrected chi connectivity index (χ0v) is 16.5. The van der Waals surface area contributed by atoms with E-state index in [4.69, 9.17) is 0 Å². The smallest absolute Gasteiger partial charge is 0.224 e. The van der Waals surface area contributed by atoms with Gasteiger partial charge in [-0.15, -0.1) is 11.3 Å². The molecule has 2 nitrogen and oxygen atoms in total. The lowest BCUT2D eigenvalue weighted by Gasteiger charge is -2.13. The van der Waals surface area contributed by atoms with Crippen molar-refractivity contribution < 1.29 is 4.57 Å². The molecule has 0 bridgehead atoms. The maximum atomic E-state index is 2.50. The predicted molar refractivity (Wildman–Crippen MR) is 120 cm³/mol. The Morgan fingerprint density at radius 1 is 0.857 bits per heavy atom. The minimum Gasteiger partial charge on any atom is -0.307 e. The molecular weight excluding hydrogens is 360 g/mol. The van der Waals surface area contributed by atoms with Crippen LogP contribution in [0.4, 0.5) is 0 Å². The summed E-state index contributed by atoms with van der Waals surface area (Å²) in [5.74, 6) is 0. The third kappa shape index (κ3) is 1.55. The number of aromatic nitrogens is 2. The molecule has 0 radical (unpaired) electrons. The van der Waals surface area contributed by atoms with E-state index in [0.717, 1.165) is 0 Å². The first-order chi connectivity index (χ1) is 13.7. The molecule has 7 aromatic rings. The minimum atomic E-state index is 1.29.